The van der Waals surface area contributed by atoms with Crippen LogP contribution in [0.25, 0.3) is 10.8 Å². The fourth-order valence-corrected chi connectivity index (χ4v) is 5.33. The second kappa shape index (κ2) is 6.62. The summed E-state index contributed by atoms with van der Waals surface area (Å²) in [6.07, 6.45) is 1.37. The summed E-state index contributed by atoms with van der Waals surface area (Å²) in [5, 5.41) is 7.16. The van der Waals surface area contributed by atoms with E-state index >= 15 is 0 Å². The highest BCUT2D eigenvalue weighted by atomic mass is 35.5. The van der Waals surface area contributed by atoms with Crippen LogP contribution in [0.4, 0.5) is 5.69 Å². The molecule has 2 nitrogen and oxygen atoms in total. The smallest absolute Gasteiger partial charge is 0.162 e. The quantitative estimate of drug-likeness (QED) is 0.444. The number of rotatable bonds is 1. The van der Waals surface area contributed by atoms with Crippen LogP contribution < -0.4 is 5.32 Å². The summed E-state index contributed by atoms with van der Waals surface area (Å²) >= 11 is 12.8. The first-order chi connectivity index (χ1) is 13.8. The highest BCUT2D eigenvalue weighted by molar-refractivity contribution is 6.35. The fraction of sp³-hybridized carbons (Fsp3) is 0.240. The Hall–Kier alpha value is -2.29. The molecule has 0 saturated heterocycles. The van der Waals surface area contributed by atoms with E-state index in [2.05, 4.69) is 49.5 Å². The van der Waals surface area contributed by atoms with Crippen LogP contribution in [0.1, 0.15) is 43.7 Å². The average Bonchev–Trinajstić information content (AvgIpc) is 2.66. The van der Waals surface area contributed by atoms with E-state index in [-0.39, 0.29) is 17.1 Å². The SMILES string of the molecule is CC1(C)CC(=O)C2=C(C1)Nc1c(ccc3ccccc13)[C@@H]2c1ccc(Cl)cc1Cl. The third kappa shape index (κ3) is 3.06. The number of carbonyl (C=O) groups is 1. The molecule has 0 unspecified atom stereocenters. The Morgan fingerprint density at radius 3 is 2.52 bits per heavy atom. The molecule has 0 amide bonds. The molecule has 0 aromatic heterocycles. The second-order valence-corrected chi connectivity index (χ2v) is 9.65. The van der Waals surface area contributed by atoms with Crippen LogP contribution in [0.3, 0.4) is 0 Å². The van der Waals surface area contributed by atoms with E-state index < -0.39 is 0 Å². The van der Waals surface area contributed by atoms with E-state index in [1.165, 1.54) is 5.39 Å². The number of Topliss-reactive ketones (excluding diaryl/α,β-unsaturated/α-hetero) is 1. The molecule has 2 aliphatic rings. The van der Waals surface area contributed by atoms with Gasteiger partial charge >= 0.3 is 0 Å². The zero-order valence-corrected chi connectivity index (χ0v) is 17.9. The molecule has 1 heterocycles. The van der Waals surface area contributed by atoms with Crippen LogP contribution in [0, 0.1) is 5.41 Å². The highest BCUT2D eigenvalue weighted by Crippen LogP contribution is 2.51. The zero-order valence-electron chi connectivity index (χ0n) is 16.4. The van der Waals surface area contributed by atoms with Gasteiger partial charge in [0.2, 0.25) is 0 Å². The van der Waals surface area contributed by atoms with E-state index in [1.54, 1.807) is 6.07 Å². The molecule has 0 saturated carbocycles. The molecule has 1 aliphatic carbocycles. The van der Waals surface area contributed by atoms with Gasteiger partial charge in [-0.1, -0.05) is 79.5 Å². The lowest BCUT2D eigenvalue weighted by Crippen LogP contribution is -2.34. The van der Waals surface area contributed by atoms with Crippen LogP contribution in [0.2, 0.25) is 10.0 Å². The summed E-state index contributed by atoms with van der Waals surface area (Å²) in [6, 6.07) is 18.1. The Bertz CT molecular complexity index is 1210. The number of anilines is 1. The Morgan fingerprint density at radius 1 is 0.966 bits per heavy atom. The number of nitrogens with one attached hydrogen (secondary N) is 1. The van der Waals surface area contributed by atoms with Gasteiger partial charge in [-0.25, -0.2) is 0 Å². The van der Waals surface area contributed by atoms with Gasteiger partial charge in [-0.2, -0.15) is 0 Å². The molecule has 0 radical (unpaired) electrons. The number of benzene rings is 3. The Morgan fingerprint density at radius 2 is 1.72 bits per heavy atom. The van der Waals surface area contributed by atoms with Gasteiger partial charge in [-0.15, -0.1) is 0 Å². The first-order valence-electron chi connectivity index (χ1n) is 9.84. The lowest BCUT2D eigenvalue weighted by molar-refractivity contribution is -0.118. The highest BCUT2D eigenvalue weighted by Gasteiger charge is 2.41. The largest absolute Gasteiger partial charge is 0.358 e. The number of ketones is 1. The molecule has 0 fully saturated rings. The van der Waals surface area contributed by atoms with Crippen molar-refractivity contribution in [1.82, 2.24) is 0 Å². The monoisotopic (exact) mass is 421 g/mol. The van der Waals surface area contributed by atoms with E-state index in [0.717, 1.165) is 39.9 Å². The topological polar surface area (TPSA) is 29.1 Å². The summed E-state index contributed by atoms with van der Waals surface area (Å²) in [7, 11) is 0. The van der Waals surface area contributed by atoms with Gasteiger partial charge in [0.15, 0.2) is 5.78 Å². The summed E-state index contributed by atoms with van der Waals surface area (Å²) in [5.74, 6) is -0.00204. The summed E-state index contributed by atoms with van der Waals surface area (Å²) < 4.78 is 0. The maximum Gasteiger partial charge on any atom is 0.162 e. The molecule has 3 aromatic carbocycles. The van der Waals surface area contributed by atoms with Crippen LogP contribution >= 0.6 is 23.2 Å². The molecule has 1 atom stereocenters. The molecule has 0 spiro atoms. The molecule has 0 bridgehead atoms. The van der Waals surface area contributed by atoms with E-state index in [9.17, 15) is 4.79 Å². The van der Waals surface area contributed by atoms with Crippen LogP contribution in [-0.4, -0.2) is 5.78 Å². The number of allylic oxidation sites excluding steroid dienone is 2. The Kier molecular flexibility index (Phi) is 4.27. The van der Waals surface area contributed by atoms with Crippen molar-refractivity contribution in [3.63, 3.8) is 0 Å². The minimum atomic E-state index is -0.195. The summed E-state index contributed by atoms with van der Waals surface area (Å²) in [4.78, 5) is 13.3. The molecule has 4 heteroatoms. The standard InChI is InChI=1S/C25H21Cl2NO/c1-25(2)12-20-23(21(29)13-25)22(17-10-8-15(26)11-19(17)27)18-9-7-14-5-3-4-6-16(14)24(18)28-20/h3-11,22,28H,12-13H2,1-2H3/t22-/m0/s1. The molecule has 146 valence electrons. The van der Waals surface area contributed by atoms with Gasteiger partial charge in [0.05, 0.1) is 5.69 Å². The van der Waals surface area contributed by atoms with Crippen molar-refractivity contribution < 1.29 is 4.79 Å². The second-order valence-electron chi connectivity index (χ2n) is 8.81. The van der Waals surface area contributed by atoms with Gasteiger partial charge in [0, 0.05) is 39.0 Å². The number of hydrogen-bond donors (Lipinski definition) is 1. The molecular formula is C25H21Cl2NO. The minimum Gasteiger partial charge on any atom is -0.358 e. The average molecular weight is 422 g/mol. The van der Waals surface area contributed by atoms with Gasteiger partial charge in [0.1, 0.15) is 0 Å². The van der Waals surface area contributed by atoms with E-state index in [4.69, 9.17) is 23.2 Å². The summed E-state index contributed by atoms with van der Waals surface area (Å²) in [5.41, 5.74) is 4.87. The van der Waals surface area contributed by atoms with Crippen molar-refractivity contribution in [2.45, 2.75) is 32.6 Å². The number of hydrogen-bond acceptors (Lipinski definition) is 2. The first-order valence-corrected chi connectivity index (χ1v) is 10.6. The van der Waals surface area contributed by atoms with Gasteiger partial charge in [0.25, 0.3) is 0 Å². The third-order valence-corrected chi connectivity index (χ3v) is 6.59. The first kappa shape index (κ1) is 18.7. The van der Waals surface area contributed by atoms with Crippen LogP contribution in [-0.2, 0) is 4.79 Å². The van der Waals surface area contributed by atoms with Crippen molar-refractivity contribution in [2.24, 2.45) is 5.41 Å². The Labute approximate surface area is 180 Å². The lowest BCUT2D eigenvalue weighted by Gasteiger charge is -2.40. The molecule has 1 N–H and O–H groups in total. The van der Waals surface area contributed by atoms with E-state index in [1.807, 2.05) is 18.2 Å². The van der Waals surface area contributed by atoms with E-state index in [0.29, 0.717) is 16.5 Å². The number of halogens is 2. The van der Waals surface area contributed by atoms with Crippen molar-refractivity contribution >= 4 is 45.4 Å². The number of carbonyl (C=O) groups excluding carboxylic acids is 1. The Balaban J connectivity index is 1.81. The predicted molar refractivity (Wildman–Crippen MR) is 121 cm³/mol. The van der Waals surface area contributed by atoms with Crippen LogP contribution in [0.15, 0.2) is 65.9 Å². The maximum atomic E-state index is 13.3. The molecule has 29 heavy (non-hydrogen) atoms. The van der Waals surface area contributed by atoms with Gasteiger partial charge < -0.3 is 5.32 Å². The van der Waals surface area contributed by atoms with Gasteiger partial charge in [-0.3, -0.25) is 4.79 Å². The minimum absolute atomic E-state index is 0.0701. The van der Waals surface area contributed by atoms with Crippen molar-refractivity contribution in [3.8, 4) is 0 Å². The third-order valence-electron chi connectivity index (χ3n) is 6.03. The zero-order chi connectivity index (χ0) is 20.3. The molecule has 1 aliphatic heterocycles. The van der Waals surface area contributed by atoms with Crippen LogP contribution in [0.5, 0.6) is 0 Å². The normalized spacial score (nSPS) is 20.3. The predicted octanol–water partition coefficient (Wildman–Crippen LogP) is 7.35. The lowest BCUT2D eigenvalue weighted by atomic mass is 9.68. The molecular weight excluding hydrogens is 401 g/mol. The van der Waals surface area contributed by atoms with Gasteiger partial charge in [-0.05, 0) is 40.5 Å². The van der Waals surface area contributed by atoms with Crippen molar-refractivity contribution in [2.75, 3.05) is 5.32 Å². The fourth-order valence-electron chi connectivity index (χ4n) is 4.81. The maximum absolute atomic E-state index is 13.3. The molecule has 3 aromatic rings. The molecule has 5 rings (SSSR count). The number of fused-ring (bicyclic) bond motifs is 3. The summed E-state index contributed by atoms with van der Waals surface area (Å²) in [6.45, 7) is 4.30. The van der Waals surface area contributed by atoms with Crippen molar-refractivity contribution in [1.29, 1.82) is 0 Å². The van der Waals surface area contributed by atoms with Crippen molar-refractivity contribution in [3.05, 3.63) is 87.0 Å².